The van der Waals surface area contributed by atoms with Crippen LogP contribution >= 0.6 is 11.3 Å². The fourth-order valence-electron chi connectivity index (χ4n) is 2.58. The van der Waals surface area contributed by atoms with Crippen molar-refractivity contribution >= 4 is 17.3 Å². The molecule has 0 saturated carbocycles. The number of aromatic nitrogens is 3. The number of aryl methyl sites for hydroxylation is 2. The highest BCUT2D eigenvalue weighted by molar-refractivity contribution is 7.09. The SMILES string of the molecule is CN=C(NCC(c1cnn(C)c1)N(C)C)N(C)Cc1csc(C)n1. The van der Waals surface area contributed by atoms with Crippen molar-refractivity contribution in [3.8, 4) is 0 Å². The third-order valence-corrected chi connectivity index (χ3v) is 4.65. The standard InChI is InChI=1S/C16H27N7S/c1-12-20-14(11-24-12)10-22(5)16(17-2)18-8-15(21(3)4)13-7-19-23(6)9-13/h7,9,11,15H,8,10H2,1-6H3,(H,17,18). The molecule has 132 valence electrons. The second-order valence-electron chi connectivity index (χ2n) is 6.07. The smallest absolute Gasteiger partial charge is 0.193 e. The maximum absolute atomic E-state index is 4.52. The Morgan fingerprint density at radius 1 is 1.42 bits per heavy atom. The zero-order valence-corrected chi connectivity index (χ0v) is 16.1. The summed E-state index contributed by atoms with van der Waals surface area (Å²) >= 11 is 1.67. The van der Waals surface area contributed by atoms with Crippen LogP contribution in [0.2, 0.25) is 0 Å². The molecule has 0 bridgehead atoms. The Bertz CT molecular complexity index is 674. The molecule has 0 spiro atoms. The van der Waals surface area contributed by atoms with E-state index in [1.807, 2.05) is 31.9 Å². The average Bonchev–Trinajstić information content (AvgIpc) is 3.12. The van der Waals surface area contributed by atoms with Crippen LogP contribution in [0, 0.1) is 6.92 Å². The molecule has 1 unspecified atom stereocenters. The minimum atomic E-state index is 0.227. The van der Waals surface area contributed by atoms with Crippen molar-refractivity contribution in [3.63, 3.8) is 0 Å². The predicted octanol–water partition coefficient (Wildman–Crippen LogP) is 1.50. The summed E-state index contributed by atoms with van der Waals surface area (Å²) in [6.07, 6.45) is 3.97. The Labute approximate surface area is 148 Å². The van der Waals surface area contributed by atoms with Gasteiger partial charge in [-0.15, -0.1) is 11.3 Å². The van der Waals surface area contributed by atoms with E-state index in [1.165, 1.54) is 5.56 Å². The van der Waals surface area contributed by atoms with Gasteiger partial charge in [-0.2, -0.15) is 5.10 Å². The van der Waals surface area contributed by atoms with Crippen LogP contribution in [0.5, 0.6) is 0 Å². The van der Waals surface area contributed by atoms with Gasteiger partial charge in [-0.05, 0) is 21.0 Å². The van der Waals surface area contributed by atoms with Crippen molar-refractivity contribution in [2.75, 3.05) is 34.7 Å². The maximum atomic E-state index is 4.52. The lowest BCUT2D eigenvalue weighted by atomic mass is 10.1. The normalized spacial score (nSPS) is 13.4. The van der Waals surface area contributed by atoms with E-state index in [-0.39, 0.29) is 6.04 Å². The molecule has 0 aromatic carbocycles. The van der Waals surface area contributed by atoms with Gasteiger partial charge in [0.1, 0.15) is 0 Å². The summed E-state index contributed by atoms with van der Waals surface area (Å²) in [5.74, 6) is 0.858. The predicted molar refractivity (Wildman–Crippen MR) is 99.3 cm³/mol. The van der Waals surface area contributed by atoms with E-state index < -0.39 is 0 Å². The van der Waals surface area contributed by atoms with Crippen molar-refractivity contribution in [2.45, 2.75) is 19.5 Å². The molecule has 0 amide bonds. The third-order valence-electron chi connectivity index (χ3n) is 3.83. The molecule has 2 heterocycles. The summed E-state index contributed by atoms with van der Waals surface area (Å²) in [5, 5.41) is 10.9. The van der Waals surface area contributed by atoms with Crippen LogP contribution in [0.3, 0.4) is 0 Å². The van der Waals surface area contributed by atoms with Crippen molar-refractivity contribution in [2.24, 2.45) is 12.0 Å². The molecule has 8 heteroatoms. The molecule has 0 radical (unpaired) electrons. The maximum Gasteiger partial charge on any atom is 0.193 e. The summed E-state index contributed by atoms with van der Waals surface area (Å²) in [6, 6.07) is 0.227. The van der Waals surface area contributed by atoms with Crippen molar-refractivity contribution in [1.82, 2.24) is 29.9 Å². The molecule has 0 aliphatic heterocycles. The lowest BCUT2D eigenvalue weighted by Crippen LogP contribution is -2.42. The zero-order valence-electron chi connectivity index (χ0n) is 15.3. The van der Waals surface area contributed by atoms with Crippen molar-refractivity contribution in [3.05, 3.63) is 34.0 Å². The molecule has 1 N–H and O–H groups in total. The second-order valence-corrected chi connectivity index (χ2v) is 7.13. The third kappa shape index (κ3) is 4.78. The van der Waals surface area contributed by atoms with Gasteiger partial charge in [0.05, 0.1) is 29.5 Å². The van der Waals surface area contributed by atoms with Crippen LogP contribution in [-0.4, -0.2) is 65.3 Å². The molecular formula is C16H27N7S. The number of thiazole rings is 1. The van der Waals surface area contributed by atoms with Gasteiger partial charge >= 0.3 is 0 Å². The topological polar surface area (TPSA) is 61.6 Å². The van der Waals surface area contributed by atoms with Crippen LogP contribution < -0.4 is 5.32 Å². The first-order valence-corrected chi connectivity index (χ1v) is 8.76. The number of rotatable bonds is 6. The molecular weight excluding hydrogens is 322 g/mol. The van der Waals surface area contributed by atoms with Gasteiger partial charge in [-0.1, -0.05) is 0 Å². The lowest BCUT2D eigenvalue weighted by Gasteiger charge is -2.27. The fourth-order valence-corrected chi connectivity index (χ4v) is 3.19. The molecule has 0 aliphatic rings. The number of nitrogens with one attached hydrogen (secondary N) is 1. The summed E-state index contributed by atoms with van der Waals surface area (Å²) in [6.45, 7) is 3.52. The first-order chi connectivity index (χ1) is 11.4. The molecule has 7 nitrogen and oxygen atoms in total. The molecule has 0 aliphatic carbocycles. The quantitative estimate of drug-likeness (QED) is 0.632. The Morgan fingerprint density at radius 2 is 2.17 bits per heavy atom. The Kier molecular flexibility index (Phi) is 6.33. The minimum absolute atomic E-state index is 0.227. The van der Waals surface area contributed by atoms with Gasteiger partial charge in [0.25, 0.3) is 0 Å². The number of hydrogen-bond acceptors (Lipinski definition) is 5. The summed E-state index contributed by atoms with van der Waals surface area (Å²) in [7, 11) is 9.92. The van der Waals surface area contributed by atoms with E-state index in [2.05, 4.69) is 55.9 Å². The monoisotopic (exact) mass is 349 g/mol. The molecule has 0 saturated heterocycles. The van der Waals surface area contributed by atoms with E-state index in [0.717, 1.165) is 29.8 Å². The van der Waals surface area contributed by atoms with E-state index >= 15 is 0 Å². The highest BCUT2D eigenvalue weighted by atomic mass is 32.1. The number of likely N-dealkylation sites (N-methyl/N-ethyl adjacent to an activating group) is 1. The molecule has 0 fully saturated rings. The Morgan fingerprint density at radius 3 is 2.67 bits per heavy atom. The largest absolute Gasteiger partial charge is 0.354 e. The Hall–Kier alpha value is -1.93. The number of guanidine groups is 1. The second kappa shape index (κ2) is 8.25. The van der Waals surface area contributed by atoms with E-state index in [1.54, 1.807) is 18.4 Å². The average molecular weight is 350 g/mol. The highest BCUT2D eigenvalue weighted by Crippen LogP contribution is 2.16. The van der Waals surface area contributed by atoms with Crippen molar-refractivity contribution in [1.29, 1.82) is 0 Å². The highest BCUT2D eigenvalue weighted by Gasteiger charge is 2.17. The van der Waals surface area contributed by atoms with Gasteiger partial charge in [0.2, 0.25) is 0 Å². The first kappa shape index (κ1) is 18.4. The van der Waals surface area contributed by atoms with E-state index in [0.29, 0.717) is 0 Å². The molecule has 2 rings (SSSR count). The number of nitrogens with zero attached hydrogens (tertiary/aromatic N) is 6. The fraction of sp³-hybridized carbons (Fsp3) is 0.562. The minimum Gasteiger partial charge on any atom is -0.354 e. The van der Waals surface area contributed by atoms with Crippen LogP contribution in [0.1, 0.15) is 22.3 Å². The molecule has 24 heavy (non-hydrogen) atoms. The van der Waals surface area contributed by atoms with Gasteiger partial charge in [-0.25, -0.2) is 4.98 Å². The zero-order chi connectivity index (χ0) is 17.7. The summed E-state index contributed by atoms with van der Waals surface area (Å²) in [4.78, 5) is 13.2. The number of aliphatic imine (C=N–C) groups is 1. The van der Waals surface area contributed by atoms with Gasteiger partial charge in [-0.3, -0.25) is 9.67 Å². The van der Waals surface area contributed by atoms with Crippen LogP contribution in [-0.2, 0) is 13.6 Å². The summed E-state index contributed by atoms with van der Waals surface area (Å²) in [5.41, 5.74) is 2.25. The summed E-state index contributed by atoms with van der Waals surface area (Å²) < 4.78 is 1.83. The van der Waals surface area contributed by atoms with Crippen LogP contribution in [0.25, 0.3) is 0 Å². The van der Waals surface area contributed by atoms with E-state index in [4.69, 9.17) is 0 Å². The number of hydrogen-bond donors (Lipinski definition) is 1. The lowest BCUT2D eigenvalue weighted by molar-refractivity contribution is 0.295. The van der Waals surface area contributed by atoms with Gasteiger partial charge < -0.3 is 15.1 Å². The van der Waals surface area contributed by atoms with Crippen molar-refractivity contribution < 1.29 is 0 Å². The first-order valence-electron chi connectivity index (χ1n) is 7.88. The Balaban J connectivity index is 1.98. The van der Waals surface area contributed by atoms with Crippen LogP contribution in [0.15, 0.2) is 22.8 Å². The van der Waals surface area contributed by atoms with Crippen LogP contribution in [0.4, 0.5) is 0 Å². The van der Waals surface area contributed by atoms with Gasteiger partial charge in [0, 0.05) is 44.8 Å². The molecule has 1 atom stereocenters. The van der Waals surface area contributed by atoms with Gasteiger partial charge in [0.15, 0.2) is 5.96 Å². The van der Waals surface area contributed by atoms with E-state index in [9.17, 15) is 0 Å². The molecule has 2 aromatic heterocycles. The molecule has 2 aromatic rings.